The average molecular weight is 450 g/mol. The monoisotopic (exact) mass is 448 g/mol. The first-order valence-electron chi connectivity index (χ1n) is 5.88. The number of hydrogen-bond donors (Lipinski definition) is 2. The summed E-state index contributed by atoms with van der Waals surface area (Å²) in [5.41, 5.74) is 0.415. The Hall–Kier alpha value is -1.45. The SMILES string of the molecule is COc1cc(/C=C2\C(=O)NC(=S)N(C)C2=O)c(Br)c(Br)c1O. The molecule has 1 aromatic carbocycles. The number of nitrogens with zero attached hydrogens (tertiary/aromatic N) is 1. The summed E-state index contributed by atoms with van der Waals surface area (Å²) in [5, 5.41) is 12.4. The van der Waals surface area contributed by atoms with Crippen LogP contribution in [0.5, 0.6) is 11.5 Å². The molecule has 1 fully saturated rings. The molecule has 0 saturated carbocycles. The Balaban J connectivity index is 2.58. The van der Waals surface area contributed by atoms with Gasteiger partial charge in [0.25, 0.3) is 11.8 Å². The second-order valence-electron chi connectivity index (χ2n) is 4.33. The summed E-state index contributed by atoms with van der Waals surface area (Å²) in [5.74, 6) is -0.976. The van der Waals surface area contributed by atoms with Crippen LogP contribution in [0.25, 0.3) is 6.08 Å². The summed E-state index contributed by atoms with van der Waals surface area (Å²) >= 11 is 11.4. The minimum Gasteiger partial charge on any atom is -0.503 e. The van der Waals surface area contributed by atoms with Crippen LogP contribution in [0.4, 0.5) is 0 Å². The van der Waals surface area contributed by atoms with Crippen molar-refractivity contribution in [3.8, 4) is 11.5 Å². The van der Waals surface area contributed by atoms with E-state index in [4.69, 9.17) is 17.0 Å². The van der Waals surface area contributed by atoms with Crippen molar-refractivity contribution in [1.29, 1.82) is 0 Å². The lowest BCUT2D eigenvalue weighted by atomic mass is 10.1. The fourth-order valence-electron chi connectivity index (χ4n) is 1.77. The van der Waals surface area contributed by atoms with Crippen molar-refractivity contribution in [2.45, 2.75) is 0 Å². The van der Waals surface area contributed by atoms with Crippen molar-refractivity contribution in [2.24, 2.45) is 0 Å². The van der Waals surface area contributed by atoms with Gasteiger partial charge < -0.3 is 9.84 Å². The van der Waals surface area contributed by atoms with Crippen LogP contribution in [-0.2, 0) is 9.59 Å². The number of aromatic hydroxyl groups is 1. The maximum atomic E-state index is 12.2. The van der Waals surface area contributed by atoms with E-state index in [1.807, 2.05) is 0 Å². The van der Waals surface area contributed by atoms with Gasteiger partial charge in [-0.25, -0.2) is 0 Å². The molecule has 1 heterocycles. The van der Waals surface area contributed by atoms with E-state index in [9.17, 15) is 14.7 Å². The molecule has 2 amide bonds. The van der Waals surface area contributed by atoms with Gasteiger partial charge in [-0.15, -0.1) is 0 Å². The second-order valence-corrected chi connectivity index (χ2v) is 6.30. The van der Waals surface area contributed by atoms with Crippen LogP contribution < -0.4 is 10.1 Å². The van der Waals surface area contributed by atoms with Gasteiger partial charge in [0.15, 0.2) is 16.6 Å². The molecular weight excluding hydrogens is 440 g/mol. The fraction of sp³-hybridized carbons (Fsp3) is 0.154. The molecule has 0 atom stereocenters. The summed E-state index contributed by atoms with van der Waals surface area (Å²) in [6.45, 7) is 0. The average Bonchev–Trinajstić information content (AvgIpc) is 2.49. The number of methoxy groups -OCH3 is 1. The molecule has 2 N–H and O–H groups in total. The van der Waals surface area contributed by atoms with E-state index in [-0.39, 0.29) is 22.2 Å². The number of phenols is 1. The van der Waals surface area contributed by atoms with E-state index < -0.39 is 11.8 Å². The fourth-order valence-corrected chi connectivity index (χ4v) is 2.79. The number of rotatable bonds is 2. The normalized spacial score (nSPS) is 17.0. The number of ether oxygens (including phenoxy) is 1. The van der Waals surface area contributed by atoms with E-state index in [0.717, 1.165) is 0 Å². The van der Waals surface area contributed by atoms with Gasteiger partial charge in [-0.2, -0.15) is 0 Å². The number of nitrogens with one attached hydrogen (secondary N) is 1. The minimum atomic E-state index is -0.580. The summed E-state index contributed by atoms with van der Waals surface area (Å²) in [6.07, 6.45) is 1.40. The Bertz CT molecular complexity index is 733. The van der Waals surface area contributed by atoms with Gasteiger partial charge in [0.1, 0.15) is 5.57 Å². The largest absolute Gasteiger partial charge is 0.503 e. The highest BCUT2D eigenvalue weighted by Crippen LogP contribution is 2.42. The Morgan fingerprint density at radius 1 is 1.36 bits per heavy atom. The molecule has 0 aliphatic carbocycles. The first-order chi connectivity index (χ1) is 10.3. The minimum absolute atomic E-state index is 0.0516. The molecule has 9 heteroatoms. The van der Waals surface area contributed by atoms with Crippen LogP contribution >= 0.6 is 44.1 Å². The number of carbonyl (C=O) groups excluding carboxylic acids is 2. The van der Waals surface area contributed by atoms with Crippen LogP contribution in [0.15, 0.2) is 20.6 Å². The smallest absolute Gasteiger partial charge is 0.265 e. The summed E-state index contributed by atoms with van der Waals surface area (Å²) in [4.78, 5) is 25.3. The number of likely N-dealkylation sites (N-methyl/N-ethyl adjacent to an activating group) is 1. The number of carbonyl (C=O) groups is 2. The zero-order valence-electron chi connectivity index (χ0n) is 11.4. The van der Waals surface area contributed by atoms with E-state index in [2.05, 4.69) is 37.2 Å². The Labute approximate surface area is 148 Å². The van der Waals surface area contributed by atoms with Crippen LogP contribution in [0.3, 0.4) is 0 Å². The van der Waals surface area contributed by atoms with E-state index in [1.165, 1.54) is 31.2 Å². The first-order valence-corrected chi connectivity index (χ1v) is 7.87. The molecule has 0 spiro atoms. The van der Waals surface area contributed by atoms with Gasteiger partial charge in [-0.1, -0.05) is 0 Å². The third-order valence-corrected chi connectivity index (χ3v) is 5.53. The van der Waals surface area contributed by atoms with E-state index in [0.29, 0.717) is 14.5 Å². The second kappa shape index (κ2) is 6.35. The molecule has 0 bridgehead atoms. The molecular formula is C13H10Br2N2O4S. The van der Waals surface area contributed by atoms with Crippen molar-refractivity contribution >= 4 is 67.1 Å². The Morgan fingerprint density at radius 3 is 2.59 bits per heavy atom. The highest BCUT2D eigenvalue weighted by Gasteiger charge is 2.31. The summed E-state index contributed by atoms with van der Waals surface area (Å²) < 4.78 is 5.89. The number of phenolic OH excluding ortho intramolecular Hbond substituents is 1. The van der Waals surface area contributed by atoms with Gasteiger partial charge in [-0.3, -0.25) is 19.8 Å². The lowest BCUT2D eigenvalue weighted by molar-refractivity contribution is -0.128. The highest BCUT2D eigenvalue weighted by molar-refractivity contribution is 9.13. The zero-order valence-corrected chi connectivity index (χ0v) is 15.4. The molecule has 0 unspecified atom stereocenters. The Kier molecular flexibility index (Phi) is 4.88. The molecule has 1 saturated heterocycles. The van der Waals surface area contributed by atoms with Gasteiger partial charge in [0, 0.05) is 11.5 Å². The third kappa shape index (κ3) is 2.88. The molecule has 1 aromatic rings. The van der Waals surface area contributed by atoms with E-state index in [1.54, 1.807) is 0 Å². The van der Waals surface area contributed by atoms with Crippen molar-refractivity contribution in [3.63, 3.8) is 0 Å². The highest BCUT2D eigenvalue weighted by atomic mass is 79.9. The maximum absolute atomic E-state index is 12.2. The molecule has 0 radical (unpaired) electrons. The molecule has 0 aromatic heterocycles. The van der Waals surface area contributed by atoms with Gasteiger partial charge in [0.2, 0.25) is 0 Å². The van der Waals surface area contributed by atoms with E-state index >= 15 is 0 Å². The lowest BCUT2D eigenvalue weighted by Crippen LogP contribution is -2.52. The standard InChI is InChI=1S/C13H10Br2N2O4S/c1-17-12(20)6(11(19)16-13(17)22)3-5-4-7(21-2)10(18)9(15)8(5)14/h3-4,18H,1-2H3,(H,16,19,22)/b6-3+. The predicted molar refractivity (Wildman–Crippen MR) is 91.5 cm³/mol. The van der Waals surface area contributed by atoms with Crippen LogP contribution in [0.1, 0.15) is 5.56 Å². The molecule has 2 rings (SSSR count). The first kappa shape index (κ1) is 16.9. The number of halogens is 2. The number of thiocarbonyl (C=S) groups is 1. The Morgan fingerprint density at radius 2 is 2.00 bits per heavy atom. The van der Waals surface area contributed by atoms with Gasteiger partial charge in [0.05, 0.1) is 11.6 Å². The topological polar surface area (TPSA) is 78.9 Å². The lowest BCUT2D eigenvalue weighted by Gasteiger charge is -2.25. The zero-order chi connectivity index (χ0) is 16.6. The van der Waals surface area contributed by atoms with Gasteiger partial charge in [-0.05, 0) is 61.8 Å². The predicted octanol–water partition coefficient (Wildman–Crippen LogP) is 2.18. The van der Waals surface area contributed by atoms with Crippen LogP contribution in [-0.4, -0.2) is 41.1 Å². The van der Waals surface area contributed by atoms with Crippen LogP contribution in [0.2, 0.25) is 0 Å². The molecule has 1 aliphatic rings. The molecule has 1 aliphatic heterocycles. The van der Waals surface area contributed by atoms with Crippen molar-refractivity contribution in [3.05, 3.63) is 26.1 Å². The summed E-state index contributed by atoms with van der Waals surface area (Å²) in [7, 11) is 2.87. The number of benzene rings is 1. The third-order valence-electron chi connectivity index (χ3n) is 3.00. The quantitative estimate of drug-likeness (QED) is 0.411. The van der Waals surface area contributed by atoms with Gasteiger partial charge >= 0.3 is 0 Å². The number of amides is 2. The van der Waals surface area contributed by atoms with Crippen molar-refractivity contribution in [2.75, 3.05) is 14.2 Å². The molecule has 116 valence electrons. The van der Waals surface area contributed by atoms with Crippen LogP contribution in [0, 0.1) is 0 Å². The van der Waals surface area contributed by atoms with Crippen molar-refractivity contribution in [1.82, 2.24) is 10.2 Å². The molecule has 22 heavy (non-hydrogen) atoms. The summed E-state index contributed by atoms with van der Waals surface area (Å²) in [6, 6.07) is 1.50. The van der Waals surface area contributed by atoms with Crippen molar-refractivity contribution < 1.29 is 19.4 Å². The number of hydrogen-bond acceptors (Lipinski definition) is 5. The maximum Gasteiger partial charge on any atom is 0.265 e. The molecule has 6 nitrogen and oxygen atoms in total.